The molecule has 0 radical (unpaired) electrons. The Kier molecular flexibility index (Phi) is 4.15. The second-order valence-corrected chi connectivity index (χ2v) is 9.14. The van der Waals surface area contributed by atoms with E-state index in [1.54, 1.807) is 31.2 Å². The molecule has 1 aliphatic heterocycles. The van der Waals surface area contributed by atoms with E-state index in [4.69, 9.17) is 4.74 Å². The molecule has 5 nitrogen and oxygen atoms in total. The lowest BCUT2D eigenvalue weighted by atomic mass is 9.48. The van der Waals surface area contributed by atoms with Crippen LogP contribution in [0.3, 0.4) is 0 Å². The minimum Gasteiger partial charge on any atom is -0.462 e. The van der Waals surface area contributed by atoms with Crippen molar-refractivity contribution < 1.29 is 19.1 Å². The summed E-state index contributed by atoms with van der Waals surface area (Å²) in [6.45, 7) is 4.14. The number of hydrogen-bond acceptors (Lipinski definition) is 4. The SMILES string of the molecule is CCOC(=O)c1ccc(N2C(=O)[C@@H]3C4c5ccccc5C(C)(c5ccccc54)[C@@H]3C2=O)cc1. The smallest absolute Gasteiger partial charge is 0.338 e. The molecule has 33 heavy (non-hydrogen) atoms. The summed E-state index contributed by atoms with van der Waals surface area (Å²) in [5, 5.41) is 0. The fourth-order valence-corrected chi connectivity index (χ4v) is 6.37. The average molecular weight is 437 g/mol. The summed E-state index contributed by atoms with van der Waals surface area (Å²) < 4.78 is 5.05. The zero-order valence-electron chi connectivity index (χ0n) is 18.4. The molecular formula is C28H23NO4. The molecule has 0 N–H and O–H groups in total. The molecule has 0 spiro atoms. The van der Waals surface area contributed by atoms with Gasteiger partial charge in [0.25, 0.3) is 0 Å². The highest BCUT2D eigenvalue weighted by molar-refractivity contribution is 6.23. The number of esters is 1. The van der Waals surface area contributed by atoms with Crippen LogP contribution in [0.2, 0.25) is 0 Å². The summed E-state index contributed by atoms with van der Waals surface area (Å²) in [4.78, 5) is 41.1. The Morgan fingerprint density at radius 2 is 1.45 bits per heavy atom. The molecule has 5 heteroatoms. The van der Waals surface area contributed by atoms with Crippen molar-refractivity contribution in [2.45, 2.75) is 25.2 Å². The normalized spacial score (nSPS) is 26.6. The third-order valence-electron chi connectivity index (χ3n) is 7.68. The lowest BCUT2D eigenvalue weighted by Gasteiger charge is -2.52. The molecular weight excluding hydrogens is 414 g/mol. The number of carbonyl (C=O) groups is 3. The number of amides is 2. The van der Waals surface area contributed by atoms with Crippen LogP contribution in [-0.2, 0) is 19.7 Å². The maximum atomic E-state index is 13.9. The quantitative estimate of drug-likeness (QED) is 0.449. The molecule has 1 heterocycles. The van der Waals surface area contributed by atoms with Crippen molar-refractivity contribution in [3.63, 3.8) is 0 Å². The Morgan fingerprint density at radius 3 is 2.03 bits per heavy atom. The zero-order chi connectivity index (χ0) is 22.9. The van der Waals surface area contributed by atoms with Gasteiger partial charge in [0.15, 0.2) is 0 Å². The molecule has 4 aliphatic rings. The first-order valence-electron chi connectivity index (χ1n) is 11.3. The second kappa shape index (κ2) is 6.88. The largest absolute Gasteiger partial charge is 0.462 e. The molecule has 3 aromatic carbocycles. The summed E-state index contributed by atoms with van der Waals surface area (Å²) >= 11 is 0. The van der Waals surface area contributed by atoms with Gasteiger partial charge in [-0.1, -0.05) is 55.5 Å². The van der Waals surface area contributed by atoms with Gasteiger partial charge in [-0.25, -0.2) is 9.69 Å². The van der Waals surface area contributed by atoms with E-state index in [1.807, 2.05) is 24.3 Å². The van der Waals surface area contributed by atoms with Crippen LogP contribution >= 0.6 is 0 Å². The molecule has 2 bridgehead atoms. The van der Waals surface area contributed by atoms with Gasteiger partial charge in [0.2, 0.25) is 11.8 Å². The third-order valence-corrected chi connectivity index (χ3v) is 7.68. The molecule has 0 saturated carbocycles. The highest BCUT2D eigenvalue weighted by Gasteiger charge is 2.66. The number of nitrogens with zero attached hydrogens (tertiary/aromatic N) is 1. The van der Waals surface area contributed by atoms with E-state index >= 15 is 0 Å². The van der Waals surface area contributed by atoms with Gasteiger partial charge >= 0.3 is 5.97 Å². The van der Waals surface area contributed by atoms with Crippen molar-refractivity contribution in [1.29, 1.82) is 0 Å². The van der Waals surface area contributed by atoms with Gasteiger partial charge in [0, 0.05) is 11.3 Å². The minimum absolute atomic E-state index is 0.149. The van der Waals surface area contributed by atoms with E-state index in [0.29, 0.717) is 11.3 Å². The molecule has 2 amide bonds. The van der Waals surface area contributed by atoms with Gasteiger partial charge < -0.3 is 4.74 Å². The summed E-state index contributed by atoms with van der Waals surface area (Å²) in [7, 11) is 0. The molecule has 1 saturated heterocycles. The number of carbonyl (C=O) groups excluding carboxylic acids is 3. The van der Waals surface area contributed by atoms with Crippen LogP contribution in [0.5, 0.6) is 0 Å². The summed E-state index contributed by atoms with van der Waals surface area (Å²) in [6, 6.07) is 23.0. The van der Waals surface area contributed by atoms with E-state index in [0.717, 1.165) is 22.3 Å². The lowest BCUT2D eigenvalue weighted by molar-refractivity contribution is -0.123. The van der Waals surface area contributed by atoms with Gasteiger partial charge in [-0.15, -0.1) is 0 Å². The summed E-state index contributed by atoms with van der Waals surface area (Å²) in [5.74, 6) is -1.83. The monoisotopic (exact) mass is 437 g/mol. The van der Waals surface area contributed by atoms with Crippen molar-refractivity contribution in [3.05, 3.63) is 101 Å². The predicted molar refractivity (Wildman–Crippen MR) is 123 cm³/mol. The highest BCUT2D eigenvalue weighted by atomic mass is 16.5. The van der Waals surface area contributed by atoms with E-state index < -0.39 is 23.2 Å². The standard InChI is InChI=1S/C28H23NO4/c1-3-33-27(32)16-12-14-17(15-13-16)29-25(30)23-22-18-8-4-6-10-20(18)28(2,24(23)26(29)31)21-11-7-5-9-19(21)22/h4-15,22-24H,3H2,1-2H3/t22?,23-,24+,28?/m1/s1. The molecule has 0 unspecified atom stereocenters. The van der Waals surface area contributed by atoms with Crippen LogP contribution in [0.4, 0.5) is 5.69 Å². The van der Waals surface area contributed by atoms with Crippen molar-refractivity contribution >= 4 is 23.5 Å². The van der Waals surface area contributed by atoms with E-state index in [-0.39, 0.29) is 24.3 Å². The van der Waals surface area contributed by atoms with Gasteiger partial charge in [-0.05, 0) is 53.4 Å². The Bertz CT molecular complexity index is 1280. The lowest BCUT2D eigenvalue weighted by Crippen LogP contribution is -2.51. The van der Waals surface area contributed by atoms with Crippen LogP contribution in [0.15, 0.2) is 72.8 Å². The molecule has 3 aromatic rings. The molecule has 1 fully saturated rings. The van der Waals surface area contributed by atoms with Crippen LogP contribution in [0.1, 0.15) is 52.4 Å². The molecule has 2 atom stereocenters. The third kappa shape index (κ3) is 2.45. The van der Waals surface area contributed by atoms with Crippen molar-refractivity contribution in [2.24, 2.45) is 11.8 Å². The highest BCUT2D eigenvalue weighted by Crippen LogP contribution is 2.64. The fourth-order valence-electron chi connectivity index (χ4n) is 6.37. The summed E-state index contributed by atoms with van der Waals surface area (Å²) in [6.07, 6.45) is 0. The number of ether oxygens (including phenoxy) is 1. The van der Waals surface area contributed by atoms with Gasteiger partial charge in [0.1, 0.15) is 0 Å². The molecule has 164 valence electrons. The predicted octanol–water partition coefficient (Wildman–Crippen LogP) is 4.43. The van der Waals surface area contributed by atoms with E-state index in [9.17, 15) is 14.4 Å². The van der Waals surface area contributed by atoms with Crippen LogP contribution in [0.25, 0.3) is 0 Å². The van der Waals surface area contributed by atoms with Crippen molar-refractivity contribution in [3.8, 4) is 0 Å². The van der Waals surface area contributed by atoms with Crippen LogP contribution < -0.4 is 4.90 Å². The Balaban J connectivity index is 1.48. The molecule has 0 aromatic heterocycles. The van der Waals surface area contributed by atoms with Crippen LogP contribution in [0, 0.1) is 11.8 Å². The first-order chi connectivity index (χ1) is 16.0. The number of imide groups is 1. The van der Waals surface area contributed by atoms with Gasteiger partial charge in [-0.2, -0.15) is 0 Å². The average Bonchev–Trinajstić information content (AvgIpc) is 3.11. The number of hydrogen-bond donors (Lipinski definition) is 0. The number of rotatable bonds is 3. The maximum Gasteiger partial charge on any atom is 0.338 e. The number of anilines is 1. The first kappa shape index (κ1) is 19.9. The Labute approximate surface area is 192 Å². The summed E-state index contributed by atoms with van der Waals surface area (Å²) in [5.41, 5.74) is 4.85. The maximum absolute atomic E-state index is 13.9. The Morgan fingerprint density at radius 1 is 0.879 bits per heavy atom. The van der Waals surface area contributed by atoms with E-state index in [2.05, 4.69) is 31.2 Å². The van der Waals surface area contributed by atoms with Crippen molar-refractivity contribution in [2.75, 3.05) is 11.5 Å². The first-order valence-corrected chi connectivity index (χ1v) is 11.3. The zero-order valence-corrected chi connectivity index (χ0v) is 18.4. The van der Waals surface area contributed by atoms with E-state index in [1.165, 1.54) is 4.90 Å². The second-order valence-electron chi connectivity index (χ2n) is 9.14. The van der Waals surface area contributed by atoms with Crippen molar-refractivity contribution in [1.82, 2.24) is 0 Å². The van der Waals surface area contributed by atoms with Gasteiger partial charge in [0.05, 0.1) is 29.7 Å². The fraction of sp³-hybridized carbons (Fsp3) is 0.250. The molecule has 7 rings (SSSR count). The minimum atomic E-state index is -0.584. The number of benzene rings is 3. The Hall–Kier alpha value is -3.73. The van der Waals surface area contributed by atoms with Gasteiger partial charge in [-0.3, -0.25) is 9.59 Å². The van der Waals surface area contributed by atoms with Crippen LogP contribution in [-0.4, -0.2) is 24.4 Å². The topological polar surface area (TPSA) is 63.7 Å². The molecule has 3 aliphatic carbocycles.